The van der Waals surface area contributed by atoms with Gasteiger partial charge in [-0.15, -0.1) is 11.3 Å². The van der Waals surface area contributed by atoms with E-state index >= 15 is 0 Å². The lowest BCUT2D eigenvalue weighted by molar-refractivity contribution is -0.145. The van der Waals surface area contributed by atoms with Crippen LogP contribution < -0.4 is 5.73 Å². The Balaban J connectivity index is 1.67. The zero-order valence-electron chi connectivity index (χ0n) is 17.5. The van der Waals surface area contributed by atoms with Crippen LogP contribution in [0.3, 0.4) is 0 Å². The summed E-state index contributed by atoms with van der Waals surface area (Å²) in [5.74, 6) is 4.38. The summed E-state index contributed by atoms with van der Waals surface area (Å²) >= 11 is 1.66. The van der Waals surface area contributed by atoms with E-state index in [1.165, 1.54) is 37.0 Å². The molecule has 1 fully saturated rings. The minimum Gasteiger partial charge on any atom is -0.478 e. The molecule has 0 bridgehead atoms. The van der Waals surface area contributed by atoms with Gasteiger partial charge in [-0.1, -0.05) is 38.0 Å². The molecule has 1 aliphatic carbocycles. The highest BCUT2D eigenvalue weighted by Gasteiger charge is 2.17. The van der Waals surface area contributed by atoms with E-state index < -0.39 is 18.2 Å². The second kappa shape index (κ2) is 13.2. The summed E-state index contributed by atoms with van der Waals surface area (Å²) in [5.41, 5.74) is 5.89. The molecule has 3 N–H and O–H groups in total. The molecule has 0 aliphatic heterocycles. The molecule has 6 nitrogen and oxygen atoms in total. The van der Waals surface area contributed by atoms with Crippen molar-refractivity contribution >= 4 is 23.3 Å². The van der Waals surface area contributed by atoms with E-state index in [1.54, 1.807) is 11.3 Å². The summed E-state index contributed by atoms with van der Waals surface area (Å²) in [6.07, 6.45) is 9.81. The van der Waals surface area contributed by atoms with Gasteiger partial charge in [-0.2, -0.15) is 0 Å². The highest BCUT2D eigenvalue weighted by molar-refractivity contribution is 7.12. The summed E-state index contributed by atoms with van der Waals surface area (Å²) in [4.78, 5) is 24.1. The Morgan fingerprint density at radius 1 is 1.30 bits per heavy atom. The topological polar surface area (TPSA) is 98.9 Å². The summed E-state index contributed by atoms with van der Waals surface area (Å²) in [6.45, 7) is 2.60. The number of aliphatic carboxylic acids is 1. The summed E-state index contributed by atoms with van der Waals surface area (Å²) in [6, 6.07) is 4.09. The number of hydrogen-bond acceptors (Lipinski definition) is 6. The normalized spacial score (nSPS) is 16.6. The van der Waals surface area contributed by atoms with Crippen LogP contribution in [0.1, 0.15) is 61.6 Å². The number of thiophene rings is 1. The second-order valence-electron chi connectivity index (χ2n) is 7.54. The van der Waals surface area contributed by atoms with Crippen LogP contribution in [0.2, 0.25) is 0 Å². The van der Waals surface area contributed by atoms with Gasteiger partial charge < -0.3 is 14.6 Å². The van der Waals surface area contributed by atoms with Gasteiger partial charge >= 0.3 is 11.9 Å². The van der Waals surface area contributed by atoms with E-state index in [-0.39, 0.29) is 5.92 Å². The fraction of sp³-hybridized carbons (Fsp3) is 0.565. The number of aryl methyl sites for hydroxylation is 1. The van der Waals surface area contributed by atoms with Crippen molar-refractivity contribution in [3.05, 3.63) is 34.0 Å². The molecule has 0 amide bonds. The maximum absolute atomic E-state index is 11.5. The van der Waals surface area contributed by atoms with Crippen molar-refractivity contribution in [2.24, 2.45) is 11.7 Å². The van der Waals surface area contributed by atoms with Gasteiger partial charge in [0.1, 0.15) is 0 Å². The van der Waals surface area contributed by atoms with Gasteiger partial charge in [0.05, 0.1) is 17.6 Å². The van der Waals surface area contributed by atoms with Crippen LogP contribution in [0.4, 0.5) is 0 Å². The number of esters is 1. The smallest absolute Gasteiger partial charge is 0.332 e. The van der Waals surface area contributed by atoms with E-state index in [9.17, 15) is 9.59 Å². The third-order valence-corrected chi connectivity index (χ3v) is 6.09. The van der Waals surface area contributed by atoms with Crippen LogP contribution >= 0.6 is 11.3 Å². The molecule has 2 rings (SSSR count). The first kappa shape index (κ1) is 24.1. The molecular formula is C23H31NO5S. The van der Waals surface area contributed by atoms with Gasteiger partial charge in [0, 0.05) is 29.4 Å². The van der Waals surface area contributed by atoms with Gasteiger partial charge in [-0.05, 0) is 37.8 Å². The first-order chi connectivity index (χ1) is 14.4. The Morgan fingerprint density at radius 3 is 2.80 bits per heavy atom. The molecule has 1 aromatic rings. The van der Waals surface area contributed by atoms with Gasteiger partial charge in [0.2, 0.25) is 0 Å². The fourth-order valence-corrected chi connectivity index (χ4v) is 4.10. The lowest BCUT2D eigenvalue weighted by atomic mass is 9.98. The van der Waals surface area contributed by atoms with Crippen molar-refractivity contribution in [2.45, 2.75) is 70.6 Å². The van der Waals surface area contributed by atoms with E-state index in [2.05, 4.69) is 17.9 Å². The molecule has 1 unspecified atom stereocenters. The van der Waals surface area contributed by atoms with Crippen LogP contribution in [-0.4, -0.2) is 36.0 Å². The monoisotopic (exact) mass is 433 g/mol. The van der Waals surface area contributed by atoms with E-state index in [0.717, 1.165) is 36.3 Å². The molecule has 2 atom stereocenters. The zero-order valence-corrected chi connectivity index (χ0v) is 18.3. The molecule has 30 heavy (non-hydrogen) atoms. The van der Waals surface area contributed by atoms with Crippen LogP contribution in [0.25, 0.3) is 0 Å². The van der Waals surface area contributed by atoms with Gasteiger partial charge in [0.15, 0.2) is 6.23 Å². The zero-order chi connectivity index (χ0) is 21.8. The predicted octanol–water partition coefficient (Wildman–Crippen LogP) is 3.88. The summed E-state index contributed by atoms with van der Waals surface area (Å²) < 4.78 is 10.9. The van der Waals surface area contributed by atoms with Crippen molar-refractivity contribution in [3.8, 4) is 11.8 Å². The average molecular weight is 434 g/mol. The average Bonchev–Trinajstić information content (AvgIpc) is 3.18. The van der Waals surface area contributed by atoms with Crippen LogP contribution in [0.15, 0.2) is 24.3 Å². The van der Waals surface area contributed by atoms with E-state index in [4.69, 9.17) is 20.3 Å². The van der Waals surface area contributed by atoms with Crippen LogP contribution in [0.5, 0.6) is 0 Å². The molecular weight excluding hydrogens is 402 g/mol. The van der Waals surface area contributed by atoms with E-state index in [0.29, 0.717) is 12.7 Å². The van der Waals surface area contributed by atoms with Gasteiger partial charge in [-0.25, -0.2) is 9.59 Å². The number of rotatable bonds is 10. The Labute approximate surface area is 182 Å². The molecule has 7 heteroatoms. The first-order valence-electron chi connectivity index (χ1n) is 10.5. The number of nitrogens with two attached hydrogens (primary N) is 1. The highest BCUT2D eigenvalue weighted by atomic mass is 32.1. The SMILES string of the molecule is C[C@H](CCc1ccc(C#CCCOC2CCCCC2)s1)C(N)OC(=O)C=CC(=O)O. The Kier molecular flexibility index (Phi) is 10.6. The Hall–Kier alpha value is -2.14. The quantitative estimate of drug-likeness (QED) is 0.191. The third kappa shape index (κ3) is 9.57. The first-order valence-corrected chi connectivity index (χ1v) is 11.3. The van der Waals surface area contributed by atoms with Crippen molar-refractivity contribution in [1.29, 1.82) is 0 Å². The molecule has 0 spiro atoms. The summed E-state index contributed by atoms with van der Waals surface area (Å²) in [7, 11) is 0. The maximum Gasteiger partial charge on any atom is 0.332 e. The van der Waals surface area contributed by atoms with Crippen molar-refractivity contribution in [3.63, 3.8) is 0 Å². The number of carbonyl (C=O) groups excluding carboxylic acids is 1. The van der Waals surface area contributed by atoms with E-state index in [1.807, 2.05) is 13.0 Å². The number of ether oxygens (including phenoxy) is 2. The number of hydrogen-bond donors (Lipinski definition) is 2. The minimum absolute atomic E-state index is 0.0549. The molecule has 1 saturated carbocycles. The van der Waals surface area contributed by atoms with Gasteiger partial charge in [0.25, 0.3) is 0 Å². The predicted molar refractivity (Wildman–Crippen MR) is 117 cm³/mol. The summed E-state index contributed by atoms with van der Waals surface area (Å²) in [5, 5.41) is 8.51. The molecule has 1 aromatic heterocycles. The standard InChI is InChI=1S/C23H31NO5S/c1-17(23(24)29-22(27)15-14-21(25)26)10-11-20-13-12-19(30-20)9-5-6-16-28-18-7-3-2-4-8-18/h12-15,17-18,23H,2-4,6-8,10-11,16,24H2,1H3,(H,25,26)/t17-,23?/m1/s1. The van der Waals surface area contributed by atoms with Crippen molar-refractivity contribution in [1.82, 2.24) is 0 Å². The minimum atomic E-state index is -1.21. The molecule has 0 radical (unpaired) electrons. The third-order valence-electron chi connectivity index (χ3n) is 5.03. The maximum atomic E-state index is 11.5. The lowest BCUT2D eigenvalue weighted by Gasteiger charge is -2.21. The number of carboxylic acids is 1. The Bertz CT molecular complexity index is 770. The second-order valence-corrected chi connectivity index (χ2v) is 8.71. The number of carboxylic acid groups (broad SMARTS) is 1. The molecule has 0 saturated heterocycles. The van der Waals surface area contributed by atoms with Crippen molar-refractivity contribution in [2.75, 3.05) is 6.61 Å². The lowest BCUT2D eigenvalue weighted by Crippen LogP contribution is -2.33. The fourth-order valence-electron chi connectivity index (χ4n) is 3.20. The Morgan fingerprint density at radius 2 is 2.07 bits per heavy atom. The largest absolute Gasteiger partial charge is 0.478 e. The number of carbonyl (C=O) groups is 2. The van der Waals surface area contributed by atoms with Crippen LogP contribution in [-0.2, 0) is 25.5 Å². The molecule has 0 aromatic carbocycles. The van der Waals surface area contributed by atoms with Crippen molar-refractivity contribution < 1.29 is 24.2 Å². The molecule has 164 valence electrons. The molecule has 1 heterocycles. The highest BCUT2D eigenvalue weighted by Crippen LogP contribution is 2.21. The van der Waals surface area contributed by atoms with Gasteiger partial charge in [-0.3, -0.25) is 5.73 Å². The molecule has 1 aliphatic rings. The van der Waals surface area contributed by atoms with Crippen LogP contribution in [0, 0.1) is 17.8 Å².